The maximum Gasteiger partial charge on any atom is 0.305 e. The van der Waals surface area contributed by atoms with E-state index in [-0.39, 0.29) is 13.0 Å². The molecular formula is C13H14F3NO3. The summed E-state index contributed by atoms with van der Waals surface area (Å²) in [5, 5.41) is 0. The molecule has 0 saturated heterocycles. The van der Waals surface area contributed by atoms with Gasteiger partial charge in [-0.05, 0) is 6.42 Å². The number of hydrogen-bond acceptors (Lipinski definition) is 3. The van der Waals surface area contributed by atoms with E-state index in [1.807, 2.05) is 0 Å². The van der Waals surface area contributed by atoms with Gasteiger partial charge in [0.25, 0.3) is 5.91 Å². The normalized spacial score (nSPS) is 10.2. The van der Waals surface area contributed by atoms with Gasteiger partial charge in [0.15, 0.2) is 0 Å². The fourth-order valence-corrected chi connectivity index (χ4v) is 1.60. The SMILES string of the molecule is COC(=O)CCCN(C)C(=O)c1c(F)cc(F)cc1F. The van der Waals surface area contributed by atoms with Gasteiger partial charge in [0.2, 0.25) is 0 Å². The summed E-state index contributed by atoms with van der Waals surface area (Å²) in [7, 11) is 2.57. The van der Waals surface area contributed by atoms with E-state index in [4.69, 9.17) is 0 Å². The van der Waals surface area contributed by atoms with Crippen molar-refractivity contribution in [2.45, 2.75) is 12.8 Å². The standard InChI is InChI=1S/C13H14F3NO3/c1-17(5-3-4-11(18)20-2)13(19)12-9(15)6-8(14)7-10(12)16/h6-7H,3-5H2,1-2H3. The second-order valence-electron chi connectivity index (χ2n) is 4.15. The molecule has 1 amide bonds. The molecule has 1 aromatic carbocycles. The van der Waals surface area contributed by atoms with Gasteiger partial charge in [-0.25, -0.2) is 13.2 Å². The lowest BCUT2D eigenvalue weighted by Gasteiger charge is -2.17. The predicted octanol–water partition coefficient (Wildman–Crippen LogP) is 2.13. The summed E-state index contributed by atoms with van der Waals surface area (Å²) in [6.07, 6.45) is 0.377. The maximum atomic E-state index is 13.4. The number of benzene rings is 1. The van der Waals surface area contributed by atoms with Crippen molar-refractivity contribution in [3.8, 4) is 0 Å². The molecule has 1 rings (SSSR count). The molecule has 110 valence electrons. The van der Waals surface area contributed by atoms with Crippen LogP contribution in [0.4, 0.5) is 13.2 Å². The van der Waals surface area contributed by atoms with Crippen LogP contribution in [0.15, 0.2) is 12.1 Å². The quantitative estimate of drug-likeness (QED) is 0.780. The van der Waals surface area contributed by atoms with E-state index in [1.165, 1.54) is 14.2 Å². The van der Waals surface area contributed by atoms with Crippen molar-refractivity contribution in [2.24, 2.45) is 0 Å². The summed E-state index contributed by atoms with van der Waals surface area (Å²) in [5.41, 5.74) is -0.813. The summed E-state index contributed by atoms with van der Waals surface area (Å²) >= 11 is 0. The van der Waals surface area contributed by atoms with Gasteiger partial charge in [0.05, 0.1) is 7.11 Å². The Morgan fingerprint density at radius 2 is 1.75 bits per heavy atom. The first-order valence-electron chi connectivity index (χ1n) is 5.83. The van der Waals surface area contributed by atoms with Crippen molar-refractivity contribution in [1.82, 2.24) is 4.90 Å². The average Bonchev–Trinajstić information content (AvgIpc) is 2.36. The number of amides is 1. The number of rotatable bonds is 5. The van der Waals surface area contributed by atoms with Crippen LogP contribution >= 0.6 is 0 Å². The van der Waals surface area contributed by atoms with E-state index in [0.29, 0.717) is 18.6 Å². The number of methoxy groups -OCH3 is 1. The Hall–Kier alpha value is -2.05. The minimum Gasteiger partial charge on any atom is -0.469 e. The fourth-order valence-electron chi connectivity index (χ4n) is 1.60. The minimum absolute atomic E-state index is 0.0858. The van der Waals surface area contributed by atoms with Crippen LogP contribution in [0, 0.1) is 17.5 Å². The molecule has 20 heavy (non-hydrogen) atoms. The molecular weight excluding hydrogens is 275 g/mol. The number of ether oxygens (including phenoxy) is 1. The maximum absolute atomic E-state index is 13.4. The second kappa shape index (κ2) is 6.93. The van der Waals surface area contributed by atoms with E-state index in [0.717, 1.165) is 4.90 Å². The van der Waals surface area contributed by atoms with Gasteiger partial charge in [-0.15, -0.1) is 0 Å². The van der Waals surface area contributed by atoms with Crippen LogP contribution in [0.3, 0.4) is 0 Å². The first kappa shape index (κ1) is 16.0. The van der Waals surface area contributed by atoms with Crippen LogP contribution in [0.25, 0.3) is 0 Å². The summed E-state index contributed by atoms with van der Waals surface area (Å²) in [4.78, 5) is 23.8. The molecule has 0 saturated carbocycles. The summed E-state index contributed by atoms with van der Waals surface area (Å²) < 4.78 is 44.0. The lowest BCUT2D eigenvalue weighted by molar-refractivity contribution is -0.140. The predicted molar refractivity (Wildman–Crippen MR) is 64.5 cm³/mol. The number of hydrogen-bond donors (Lipinski definition) is 0. The van der Waals surface area contributed by atoms with Crippen LogP contribution in [-0.2, 0) is 9.53 Å². The Kier molecular flexibility index (Phi) is 5.54. The van der Waals surface area contributed by atoms with Gasteiger partial charge >= 0.3 is 5.97 Å². The van der Waals surface area contributed by atoms with Crippen molar-refractivity contribution in [3.05, 3.63) is 35.1 Å². The topological polar surface area (TPSA) is 46.6 Å². The molecule has 0 bridgehead atoms. The van der Waals surface area contributed by atoms with E-state index in [1.54, 1.807) is 0 Å². The zero-order chi connectivity index (χ0) is 15.3. The molecule has 1 aromatic rings. The Labute approximate surface area is 114 Å². The largest absolute Gasteiger partial charge is 0.469 e. The summed E-state index contributed by atoms with van der Waals surface area (Å²) in [6, 6.07) is 0.886. The Morgan fingerprint density at radius 3 is 2.25 bits per heavy atom. The number of nitrogens with zero attached hydrogens (tertiary/aromatic N) is 1. The van der Waals surface area contributed by atoms with Gasteiger partial charge in [-0.2, -0.15) is 0 Å². The smallest absolute Gasteiger partial charge is 0.305 e. The van der Waals surface area contributed by atoms with Gasteiger partial charge in [0.1, 0.15) is 23.0 Å². The molecule has 0 unspecified atom stereocenters. The number of carbonyl (C=O) groups excluding carboxylic acids is 2. The molecule has 0 spiro atoms. The van der Waals surface area contributed by atoms with Crippen molar-refractivity contribution < 1.29 is 27.5 Å². The van der Waals surface area contributed by atoms with Gasteiger partial charge in [-0.3, -0.25) is 9.59 Å². The number of halogens is 3. The molecule has 0 atom stereocenters. The van der Waals surface area contributed by atoms with E-state index < -0.39 is 34.9 Å². The van der Waals surface area contributed by atoms with Gasteiger partial charge in [-0.1, -0.05) is 0 Å². The van der Waals surface area contributed by atoms with Crippen LogP contribution in [0.1, 0.15) is 23.2 Å². The zero-order valence-corrected chi connectivity index (χ0v) is 11.1. The molecule has 0 aliphatic rings. The average molecular weight is 289 g/mol. The number of esters is 1. The van der Waals surface area contributed by atoms with Crippen molar-refractivity contribution >= 4 is 11.9 Å². The van der Waals surface area contributed by atoms with Crippen LogP contribution in [0.2, 0.25) is 0 Å². The Bertz CT molecular complexity index is 497. The van der Waals surface area contributed by atoms with Gasteiger partial charge < -0.3 is 9.64 Å². The zero-order valence-electron chi connectivity index (χ0n) is 11.1. The lowest BCUT2D eigenvalue weighted by Crippen LogP contribution is -2.29. The van der Waals surface area contributed by atoms with Crippen LogP contribution in [-0.4, -0.2) is 37.5 Å². The van der Waals surface area contributed by atoms with Gasteiger partial charge in [0, 0.05) is 32.1 Å². The molecule has 0 fully saturated rings. The van der Waals surface area contributed by atoms with E-state index in [2.05, 4.69) is 4.74 Å². The highest BCUT2D eigenvalue weighted by Crippen LogP contribution is 2.16. The van der Waals surface area contributed by atoms with Crippen molar-refractivity contribution in [1.29, 1.82) is 0 Å². The minimum atomic E-state index is -1.26. The molecule has 4 nitrogen and oxygen atoms in total. The third-order valence-electron chi connectivity index (χ3n) is 2.67. The third-order valence-corrected chi connectivity index (χ3v) is 2.67. The molecule has 0 radical (unpaired) electrons. The van der Waals surface area contributed by atoms with Crippen LogP contribution < -0.4 is 0 Å². The first-order chi connectivity index (χ1) is 9.36. The Morgan fingerprint density at radius 1 is 1.20 bits per heavy atom. The van der Waals surface area contributed by atoms with Crippen molar-refractivity contribution in [3.63, 3.8) is 0 Å². The highest BCUT2D eigenvalue weighted by atomic mass is 19.1. The summed E-state index contributed by atoms with van der Waals surface area (Å²) in [6.45, 7) is 0.115. The molecule has 7 heteroatoms. The summed E-state index contributed by atoms with van der Waals surface area (Å²) in [5.74, 6) is -4.96. The molecule has 0 aromatic heterocycles. The van der Waals surface area contributed by atoms with E-state index >= 15 is 0 Å². The Balaban J connectivity index is 2.72. The fraction of sp³-hybridized carbons (Fsp3) is 0.385. The van der Waals surface area contributed by atoms with E-state index in [9.17, 15) is 22.8 Å². The molecule has 0 N–H and O–H groups in total. The highest BCUT2D eigenvalue weighted by molar-refractivity contribution is 5.94. The van der Waals surface area contributed by atoms with Crippen molar-refractivity contribution in [2.75, 3.05) is 20.7 Å². The molecule has 0 aliphatic carbocycles. The third kappa shape index (κ3) is 3.97. The van der Waals surface area contributed by atoms with Crippen LogP contribution in [0.5, 0.6) is 0 Å². The second-order valence-corrected chi connectivity index (χ2v) is 4.15. The number of carbonyl (C=O) groups is 2. The highest BCUT2D eigenvalue weighted by Gasteiger charge is 2.22. The first-order valence-corrected chi connectivity index (χ1v) is 5.83. The lowest BCUT2D eigenvalue weighted by atomic mass is 10.1. The monoisotopic (exact) mass is 289 g/mol. The molecule has 0 aliphatic heterocycles. The molecule has 0 heterocycles.